The quantitative estimate of drug-likeness (QED) is 0.751. The highest BCUT2D eigenvalue weighted by atomic mass is 16.5. The van der Waals surface area contributed by atoms with Crippen LogP contribution >= 0.6 is 0 Å². The van der Waals surface area contributed by atoms with Gasteiger partial charge in [-0.1, -0.05) is 6.07 Å². The number of aromatic nitrogens is 3. The van der Waals surface area contributed by atoms with Crippen LogP contribution in [0.15, 0.2) is 24.4 Å². The monoisotopic (exact) mass is 330 g/mol. The number of aryl methyl sites for hydroxylation is 1. The van der Waals surface area contributed by atoms with Crippen LogP contribution in [0.25, 0.3) is 0 Å². The Kier molecular flexibility index (Phi) is 5.10. The minimum atomic E-state index is 0.0143. The summed E-state index contributed by atoms with van der Waals surface area (Å²) in [6.45, 7) is 4.89. The third-order valence-electron chi connectivity index (χ3n) is 4.08. The van der Waals surface area contributed by atoms with Crippen LogP contribution in [0.1, 0.15) is 28.7 Å². The summed E-state index contributed by atoms with van der Waals surface area (Å²) in [7, 11) is 1.64. The molecule has 1 aliphatic heterocycles. The number of hydrogen-bond acceptors (Lipinski definition) is 5. The van der Waals surface area contributed by atoms with Crippen LogP contribution < -0.4 is 4.74 Å². The van der Waals surface area contributed by atoms with Gasteiger partial charge in [0.2, 0.25) is 5.88 Å². The van der Waals surface area contributed by atoms with Crippen molar-refractivity contribution in [2.24, 2.45) is 0 Å². The molecule has 2 aromatic heterocycles. The van der Waals surface area contributed by atoms with E-state index in [0.29, 0.717) is 44.4 Å². The van der Waals surface area contributed by atoms with E-state index in [1.54, 1.807) is 24.1 Å². The molecule has 2 aromatic rings. The fourth-order valence-corrected chi connectivity index (χ4v) is 2.81. The second-order valence-electron chi connectivity index (χ2n) is 5.61. The van der Waals surface area contributed by atoms with Crippen LogP contribution in [0.5, 0.6) is 5.88 Å². The Hall–Kier alpha value is -2.41. The van der Waals surface area contributed by atoms with E-state index in [-0.39, 0.29) is 5.91 Å². The van der Waals surface area contributed by atoms with Gasteiger partial charge in [0.1, 0.15) is 12.3 Å². The van der Waals surface area contributed by atoms with Crippen LogP contribution in [-0.4, -0.2) is 52.4 Å². The molecule has 128 valence electrons. The molecule has 1 aliphatic rings. The zero-order chi connectivity index (χ0) is 16.9. The molecule has 3 heterocycles. The average Bonchev–Trinajstić information content (AvgIpc) is 3.09. The number of hydrogen-bond donors (Lipinski definition) is 0. The number of nitrogens with zero attached hydrogens (tertiary/aromatic N) is 4. The van der Waals surface area contributed by atoms with Crippen LogP contribution in [0, 0.1) is 0 Å². The largest absolute Gasteiger partial charge is 0.475 e. The van der Waals surface area contributed by atoms with Crippen molar-refractivity contribution < 1.29 is 14.3 Å². The summed E-state index contributed by atoms with van der Waals surface area (Å²) < 4.78 is 12.2. The van der Waals surface area contributed by atoms with Gasteiger partial charge in [-0.05, 0) is 18.6 Å². The lowest BCUT2D eigenvalue weighted by molar-refractivity contribution is 0.0720. The first-order valence-corrected chi connectivity index (χ1v) is 8.14. The summed E-state index contributed by atoms with van der Waals surface area (Å²) >= 11 is 0. The average molecular weight is 330 g/mol. The highest BCUT2D eigenvalue weighted by molar-refractivity contribution is 5.92. The lowest BCUT2D eigenvalue weighted by atomic mass is 10.1. The summed E-state index contributed by atoms with van der Waals surface area (Å²) in [6.07, 6.45) is 2.39. The molecule has 0 aliphatic carbocycles. The maximum absolute atomic E-state index is 12.7. The SMILES string of the molecule is CCn1nccc1C(=O)N1CCc2nc(OCCOC)ccc2C1. The van der Waals surface area contributed by atoms with E-state index in [0.717, 1.165) is 17.7 Å². The first-order valence-electron chi connectivity index (χ1n) is 8.14. The summed E-state index contributed by atoms with van der Waals surface area (Å²) in [5, 5.41) is 4.17. The molecule has 7 heteroatoms. The number of ether oxygens (including phenoxy) is 2. The maximum atomic E-state index is 12.7. The minimum absolute atomic E-state index is 0.0143. The Balaban J connectivity index is 1.69. The van der Waals surface area contributed by atoms with Gasteiger partial charge in [0.15, 0.2) is 0 Å². The smallest absolute Gasteiger partial charge is 0.272 e. The molecule has 0 spiro atoms. The van der Waals surface area contributed by atoms with E-state index < -0.39 is 0 Å². The normalized spacial score (nSPS) is 13.7. The Labute approximate surface area is 141 Å². The molecule has 0 bridgehead atoms. The van der Waals surface area contributed by atoms with Gasteiger partial charge in [-0.2, -0.15) is 5.10 Å². The van der Waals surface area contributed by atoms with Gasteiger partial charge >= 0.3 is 0 Å². The highest BCUT2D eigenvalue weighted by Gasteiger charge is 2.24. The summed E-state index contributed by atoms with van der Waals surface area (Å²) in [5.74, 6) is 0.620. The highest BCUT2D eigenvalue weighted by Crippen LogP contribution is 2.22. The first kappa shape index (κ1) is 16.4. The maximum Gasteiger partial charge on any atom is 0.272 e. The molecule has 3 rings (SSSR count). The molecule has 7 nitrogen and oxygen atoms in total. The molecule has 0 saturated heterocycles. The van der Waals surface area contributed by atoms with Crippen molar-refractivity contribution in [3.8, 4) is 5.88 Å². The topological polar surface area (TPSA) is 69.5 Å². The Morgan fingerprint density at radius 1 is 1.29 bits per heavy atom. The van der Waals surface area contributed by atoms with Gasteiger partial charge in [-0.15, -0.1) is 0 Å². The number of rotatable bonds is 6. The van der Waals surface area contributed by atoms with Gasteiger partial charge in [-0.3, -0.25) is 9.48 Å². The van der Waals surface area contributed by atoms with E-state index in [1.807, 2.05) is 24.0 Å². The van der Waals surface area contributed by atoms with E-state index in [1.165, 1.54) is 0 Å². The van der Waals surface area contributed by atoms with E-state index in [9.17, 15) is 4.79 Å². The second kappa shape index (κ2) is 7.44. The summed E-state index contributed by atoms with van der Waals surface area (Å²) in [5.41, 5.74) is 2.70. The molecule has 0 N–H and O–H groups in total. The fourth-order valence-electron chi connectivity index (χ4n) is 2.81. The third kappa shape index (κ3) is 3.41. The van der Waals surface area contributed by atoms with Crippen molar-refractivity contribution in [2.45, 2.75) is 26.4 Å². The van der Waals surface area contributed by atoms with Crippen molar-refractivity contribution in [3.05, 3.63) is 41.3 Å². The molecule has 24 heavy (non-hydrogen) atoms. The molecule has 0 saturated carbocycles. The van der Waals surface area contributed by atoms with E-state index in [4.69, 9.17) is 9.47 Å². The van der Waals surface area contributed by atoms with Crippen molar-refractivity contribution in [1.29, 1.82) is 0 Å². The molecular weight excluding hydrogens is 308 g/mol. The van der Waals surface area contributed by atoms with Crippen molar-refractivity contribution >= 4 is 5.91 Å². The predicted molar refractivity (Wildman–Crippen MR) is 88.0 cm³/mol. The van der Waals surface area contributed by atoms with Crippen LogP contribution in [0.4, 0.5) is 0 Å². The van der Waals surface area contributed by atoms with Gasteiger partial charge < -0.3 is 14.4 Å². The lowest BCUT2D eigenvalue weighted by Crippen LogP contribution is -2.37. The summed E-state index contributed by atoms with van der Waals surface area (Å²) in [6, 6.07) is 5.60. The molecule has 0 fully saturated rings. The lowest BCUT2D eigenvalue weighted by Gasteiger charge is -2.28. The van der Waals surface area contributed by atoms with Crippen molar-refractivity contribution in [3.63, 3.8) is 0 Å². The number of carbonyl (C=O) groups excluding carboxylic acids is 1. The molecule has 1 amide bonds. The van der Waals surface area contributed by atoms with Gasteiger partial charge in [-0.25, -0.2) is 4.98 Å². The van der Waals surface area contributed by atoms with Crippen LogP contribution in [0.3, 0.4) is 0 Å². The molecule has 0 aromatic carbocycles. The van der Waals surface area contributed by atoms with Gasteiger partial charge in [0.25, 0.3) is 5.91 Å². The number of methoxy groups -OCH3 is 1. The van der Waals surface area contributed by atoms with E-state index in [2.05, 4.69) is 10.1 Å². The van der Waals surface area contributed by atoms with Crippen molar-refractivity contribution in [2.75, 3.05) is 26.9 Å². The third-order valence-corrected chi connectivity index (χ3v) is 4.08. The van der Waals surface area contributed by atoms with Gasteiger partial charge in [0.05, 0.1) is 12.3 Å². The number of pyridine rings is 1. The Morgan fingerprint density at radius 2 is 2.17 bits per heavy atom. The first-order chi connectivity index (χ1) is 11.7. The molecular formula is C17H22N4O3. The Morgan fingerprint density at radius 3 is 2.96 bits per heavy atom. The van der Waals surface area contributed by atoms with Crippen molar-refractivity contribution in [1.82, 2.24) is 19.7 Å². The number of carbonyl (C=O) groups is 1. The summed E-state index contributed by atoms with van der Waals surface area (Å²) in [4.78, 5) is 19.1. The second-order valence-corrected chi connectivity index (χ2v) is 5.61. The number of fused-ring (bicyclic) bond motifs is 1. The molecule has 0 atom stereocenters. The molecule has 0 radical (unpaired) electrons. The molecule has 0 unspecified atom stereocenters. The van der Waals surface area contributed by atoms with Gasteiger partial charge in [0, 0.05) is 45.4 Å². The zero-order valence-electron chi connectivity index (χ0n) is 14.1. The standard InChI is InChI=1S/C17H22N4O3/c1-3-21-15(6-8-18-21)17(22)20-9-7-14-13(12-20)4-5-16(19-14)24-11-10-23-2/h4-6,8H,3,7,9-12H2,1-2H3. The number of amides is 1. The van der Waals surface area contributed by atoms with Crippen LogP contribution in [-0.2, 0) is 24.2 Å². The zero-order valence-corrected chi connectivity index (χ0v) is 14.1. The van der Waals surface area contributed by atoms with E-state index >= 15 is 0 Å². The predicted octanol–water partition coefficient (Wildman–Crippen LogP) is 1.52. The Bertz CT molecular complexity index is 714. The minimum Gasteiger partial charge on any atom is -0.475 e. The van der Waals surface area contributed by atoms with Crippen LogP contribution in [0.2, 0.25) is 0 Å². The fraction of sp³-hybridized carbons (Fsp3) is 0.471.